The topological polar surface area (TPSA) is 47.6 Å². The van der Waals surface area contributed by atoms with Crippen LogP contribution in [0.25, 0.3) is 0 Å². The molecule has 0 aromatic heterocycles. The second-order valence-corrected chi connectivity index (χ2v) is 5.35. The molecule has 1 aromatic rings. The van der Waals surface area contributed by atoms with Gasteiger partial charge in [-0.15, -0.1) is 0 Å². The van der Waals surface area contributed by atoms with Gasteiger partial charge in [-0.25, -0.2) is 0 Å². The van der Waals surface area contributed by atoms with Crippen molar-refractivity contribution in [3.05, 3.63) is 29.8 Å². The molecule has 0 amide bonds. The lowest BCUT2D eigenvalue weighted by molar-refractivity contribution is 0.344. The highest BCUT2D eigenvalue weighted by atomic mass is 32.2. The highest BCUT2D eigenvalue weighted by Gasteiger charge is 1.99. The molecule has 0 fully saturated rings. The number of thioether (sulfide) groups is 1. The van der Waals surface area contributed by atoms with Gasteiger partial charge in [0.2, 0.25) is 0 Å². The maximum atomic E-state index is 5.81. The number of ether oxygens (including phenoxy) is 1. The normalized spacial score (nSPS) is 13.4. The molecule has 18 heavy (non-hydrogen) atoms. The third-order valence-corrected chi connectivity index (χ3v) is 3.33. The van der Waals surface area contributed by atoms with Gasteiger partial charge in [0.1, 0.15) is 5.75 Å². The molecule has 0 heterocycles. The Morgan fingerprint density at radius 1 is 1.39 bits per heavy atom. The molecule has 0 aliphatic rings. The van der Waals surface area contributed by atoms with Crippen LogP contribution in [0.2, 0.25) is 0 Å². The molecular weight excluding hydrogens is 244 g/mol. The van der Waals surface area contributed by atoms with E-state index in [-0.39, 0.29) is 0 Å². The summed E-state index contributed by atoms with van der Waals surface area (Å²) in [7, 11) is 0. The standard InChI is InChI=1S/C14H22N2OS/c1-4-12(3)16-14(15)18-10-9-17-13-7-5-11(2)6-8-13/h5-8,12H,4,9-10H2,1-3H3,(H2,15,16)/t12-/m0/s1. The second-order valence-electron chi connectivity index (χ2n) is 4.23. The summed E-state index contributed by atoms with van der Waals surface area (Å²) in [4.78, 5) is 4.35. The molecule has 0 aliphatic heterocycles. The molecular formula is C14H22N2OS. The SMILES string of the molecule is CC[C@H](C)N=C(N)SCCOc1ccc(C)cc1. The zero-order valence-electron chi connectivity index (χ0n) is 11.3. The number of nitrogens with two attached hydrogens (primary N) is 1. The second kappa shape index (κ2) is 8.03. The van der Waals surface area contributed by atoms with Gasteiger partial charge in [0.05, 0.1) is 6.61 Å². The number of amidine groups is 1. The molecule has 2 N–H and O–H groups in total. The van der Waals surface area contributed by atoms with Crippen LogP contribution in [-0.2, 0) is 0 Å². The number of benzene rings is 1. The molecule has 0 spiro atoms. The van der Waals surface area contributed by atoms with E-state index < -0.39 is 0 Å². The summed E-state index contributed by atoms with van der Waals surface area (Å²) in [5.41, 5.74) is 7.04. The summed E-state index contributed by atoms with van der Waals surface area (Å²) in [5, 5.41) is 0.650. The maximum Gasteiger partial charge on any atom is 0.154 e. The summed E-state index contributed by atoms with van der Waals surface area (Å²) in [6.07, 6.45) is 1.02. The molecule has 0 unspecified atom stereocenters. The van der Waals surface area contributed by atoms with Crippen LogP contribution in [0.3, 0.4) is 0 Å². The van der Waals surface area contributed by atoms with Crippen molar-refractivity contribution < 1.29 is 4.74 Å². The Labute approximate surface area is 114 Å². The molecule has 0 bridgehead atoms. The largest absolute Gasteiger partial charge is 0.493 e. The Bertz CT molecular complexity index is 376. The van der Waals surface area contributed by atoms with E-state index in [0.717, 1.165) is 17.9 Å². The van der Waals surface area contributed by atoms with E-state index in [9.17, 15) is 0 Å². The molecule has 1 rings (SSSR count). The molecule has 100 valence electrons. The molecule has 3 nitrogen and oxygen atoms in total. The molecule has 4 heteroatoms. The van der Waals surface area contributed by atoms with Crippen molar-refractivity contribution in [2.75, 3.05) is 12.4 Å². The fourth-order valence-electron chi connectivity index (χ4n) is 1.29. The third kappa shape index (κ3) is 5.96. The highest BCUT2D eigenvalue weighted by molar-refractivity contribution is 8.13. The number of aryl methyl sites for hydroxylation is 1. The minimum absolute atomic E-state index is 0.301. The Balaban J connectivity index is 2.22. The fraction of sp³-hybridized carbons (Fsp3) is 0.500. The number of hydrogen-bond donors (Lipinski definition) is 1. The van der Waals surface area contributed by atoms with E-state index in [0.29, 0.717) is 17.8 Å². The molecule has 1 aromatic carbocycles. The molecule has 0 aliphatic carbocycles. The molecule has 1 atom stereocenters. The first-order chi connectivity index (χ1) is 8.61. The predicted octanol–water partition coefficient (Wildman–Crippen LogP) is 3.22. The van der Waals surface area contributed by atoms with E-state index in [4.69, 9.17) is 10.5 Å². The van der Waals surface area contributed by atoms with Crippen molar-refractivity contribution in [1.82, 2.24) is 0 Å². The third-order valence-electron chi connectivity index (χ3n) is 2.56. The van der Waals surface area contributed by atoms with Crippen LogP contribution in [0.15, 0.2) is 29.3 Å². The summed E-state index contributed by atoms with van der Waals surface area (Å²) in [6, 6.07) is 8.35. The van der Waals surface area contributed by atoms with Gasteiger partial charge in [-0.1, -0.05) is 36.4 Å². The van der Waals surface area contributed by atoms with Crippen molar-refractivity contribution in [3.8, 4) is 5.75 Å². The molecule has 0 radical (unpaired) electrons. The zero-order chi connectivity index (χ0) is 13.4. The van der Waals surface area contributed by atoms with E-state index in [2.05, 4.69) is 25.8 Å². The van der Waals surface area contributed by atoms with Gasteiger partial charge in [-0.3, -0.25) is 4.99 Å². The van der Waals surface area contributed by atoms with Crippen LogP contribution in [0.1, 0.15) is 25.8 Å². The van der Waals surface area contributed by atoms with Crippen molar-refractivity contribution in [2.45, 2.75) is 33.2 Å². The van der Waals surface area contributed by atoms with Gasteiger partial charge in [-0.2, -0.15) is 0 Å². The van der Waals surface area contributed by atoms with Gasteiger partial charge in [-0.05, 0) is 32.4 Å². The quantitative estimate of drug-likeness (QED) is 0.488. The average molecular weight is 266 g/mol. The van der Waals surface area contributed by atoms with Crippen LogP contribution in [0, 0.1) is 6.92 Å². The van der Waals surface area contributed by atoms with Crippen molar-refractivity contribution >= 4 is 16.9 Å². The van der Waals surface area contributed by atoms with Crippen LogP contribution < -0.4 is 10.5 Å². The van der Waals surface area contributed by atoms with Crippen LogP contribution in [-0.4, -0.2) is 23.6 Å². The van der Waals surface area contributed by atoms with Gasteiger partial charge in [0, 0.05) is 11.8 Å². The number of hydrogen-bond acceptors (Lipinski definition) is 3. The van der Waals surface area contributed by atoms with E-state index >= 15 is 0 Å². The average Bonchev–Trinajstić information content (AvgIpc) is 2.36. The van der Waals surface area contributed by atoms with Crippen LogP contribution >= 0.6 is 11.8 Å². The Morgan fingerprint density at radius 3 is 2.67 bits per heavy atom. The van der Waals surface area contributed by atoms with E-state index in [1.165, 1.54) is 5.56 Å². The first-order valence-electron chi connectivity index (χ1n) is 6.27. The van der Waals surface area contributed by atoms with E-state index in [1.807, 2.05) is 24.3 Å². The number of nitrogens with zero attached hydrogens (tertiary/aromatic N) is 1. The zero-order valence-corrected chi connectivity index (χ0v) is 12.2. The smallest absolute Gasteiger partial charge is 0.154 e. The van der Waals surface area contributed by atoms with Gasteiger partial charge in [0.25, 0.3) is 0 Å². The van der Waals surface area contributed by atoms with Crippen molar-refractivity contribution in [1.29, 1.82) is 0 Å². The van der Waals surface area contributed by atoms with Gasteiger partial charge < -0.3 is 10.5 Å². The predicted molar refractivity (Wildman–Crippen MR) is 80.5 cm³/mol. The van der Waals surface area contributed by atoms with Gasteiger partial charge >= 0.3 is 0 Å². The highest BCUT2D eigenvalue weighted by Crippen LogP contribution is 2.12. The Morgan fingerprint density at radius 2 is 2.06 bits per heavy atom. The monoisotopic (exact) mass is 266 g/mol. The first-order valence-corrected chi connectivity index (χ1v) is 7.26. The summed E-state index contributed by atoms with van der Waals surface area (Å²) in [5.74, 6) is 1.72. The maximum absolute atomic E-state index is 5.81. The number of aliphatic imine (C=N–C) groups is 1. The lowest BCUT2D eigenvalue weighted by Crippen LogP contribution is -2.13. The first kappa shape index (κ1) is 14.9. The lowest BCUT2D eigenvalue weighted by atomic mass is 10.2. The van der Waals surface area contributed by atoms with Crippen molar-refractivity contribution in [3.63, 3.8) is 0 Å². The number of rotatable bonds is 6. The Hall–Kier alpha value is -1.16. The van der Waals surface area contributed by atoms with Crippen LogP contribution in [0.4, 0.5) is 0 Å². The summed E-state index contributed by atoms with van der Waals surface area (Å²) in [6.45, 7) is 6.87. The van der Waals surface area contributed by atoms with E-state index in [1.54, 1.807) is 11.8 Å². The fourth-order valence-corrected chi connectivity index (χ4v) is 1.92. The van der Waals surface area contributed by atoms with Crippen molar-refractivity contribution in [2.24, 2.45) is 10.7 Å². The molecule has 0 saturated carbocycles. The van der Waals surface area contributed by atoms with Gasteiger partial charge in [0.15, 0.2) is 5.17 Å². The lowest BCUT2D eigenvalue weighted by Gasteiger charge is -2.07. The summed E-state index contributed by atoms with van der Waals surface area (Å²) >= 11 is 1.55. The Kier molecular flexibility index (Phi) is 6.65. The molecule has 0 saturated heterocycles. The minimum Gasteiger partial charge on any atom is -0.493 e. The van der Waals surface area contributed by atoms with Crippen LogP contribution in [0.5, 0.6) is 5.75 Å². The minimum atomic E-state index is 0.301. The summed E-state index contributed by atoms with van der Waals surface area (Å²) < 4.78 is 5.61.